The number of amides is 1. The number of carbonyl (C=O) groups excluding carboxylic acids is 1. The Kier molecular flexibility index (Phi) is 4.57. The Morgan fingerprint density at radius 3 is 2.65 bits per heavy atom. The van der Waals surface area contributed by atoms with Crippen molar-refractivity contribution < 1.29 is 9.90 Å². The van der Waals surface area contributed by atoms with E-state index < -0.39 is 0 Å². The summed E-state index contributed by atoms with van der Waals surface area (Å²) < 4.78 is 0. The van der Waals surface area contributed by atoms with Gasteiger partial charge in [-0.15, -0.1) is 0 Å². The first-order valence-corrected chi connectivity index (χ1v) is 7.83. The van der Waals surface area contributed by atoms with Gasteiger partial charge in [-0.25, -0.2) is 0 Å². The summed E-state index contributed by atoms with van der Waals surface area (Å²) in [5, 5.41) is 9.07. The van der Waals surface area contributed by atoms with Gasteiger partial charge < -0.3 is 15.0 Å². The van der Waals surface area contributed by atoms with Gasteiger partial charge in [-0.2, -0.15) is 0 Å². The molecule has 120 valence electrons. The van der Waals surface area contributed by atoms with Gasteiger partial charge in [0.2, 0.25) is 0 Å². The van der Waals surface area contributed by atoms with Gasteiger partial charge in [0, 0.05) is 19.3 Å². The molecule has 3 rings (SSSR count). The minimum Gasteiger partial charge on any atom is -0.392 e. The molecule has 1 amide bonds. The third-order valence-corrected chi connectivity index (χ3v) is 4.35. The maximum absolute atomic E-state index is 12.4. The normalized spacial score (nSPS) is 17.4. The van der Waals surface area contributed by atoms with Crippen LogP contribution in [0.5, 0.6) is 0 Å². The van der Waals surface area contributed by atoms with Crippen LogP contribution in [0.1, 0.15) is 27.9 Å². The first-order valence-electron chi connectivity index (χ1n) is 7.83. The van der Waals surface area contributed by atoms with Crippen LogP contribution >= 0.6 is 0 Å². The molecule has 0 saturated carbocycles. The second-order valence-electron chi connectivity index (χ2n) is 6.00. The van der Waals surface area contributed by atoms with E-state index in [0.717, 1.165) is 18.4 Å². The number of nitrogens with one attached hydrogen (secondary N) is 1. The number of H-pyrrole nitrogens is 1. The lowest BCUT2D eigenvalue weighted by Gasteiger charge is -2.16. The van der Waals surface area contributed by atoms with E-state index in [4.69, 9.17) is 5.11 Å². The van der Waals surface area contributed by atoms with Crippen LogP contribution in [0.15, 0.2) is 47.4 Å². The molecule has 1 aromatic heterocycles. The molecule has 5 nitrogen and oxygen atoms in total. The molecule has 0 spiro atoms. The highest BCUT2D eigenvalue weighted by atomic mass is 16.3. The van der Waals surface area contributed by atoms with E-state index in [0.29, 0.717) is 19.0 Å². The summed E-state index contributed by atoms with van der Waals surface area (Å²) >= 11 is 0. The third kappa shape index (κ3) is 3.51. The van der Waals surface area contributed by atoms with E-state index in [1.165, 1.54) is 11.8 Å². The van der Waals surface area contributed by atoms with Crippen molar-refractivity contribution in [2.24, 2.45) is 5.92 Å². The van der Waals surface area contributed by atoms with Crippen LogP contribution in [0.4, 0.5) is 0 Å². The lowest BCUT2D eigenvalue weighted by Crippen LogP contribution is -2.33. The first-order chi connectivity index (χ1) is 11.2. The van der Waals surface area contributed by atoms with Crippen LogP contribution in [0.2, 0.25) is 0 Å². The number of aromatic amines is 1. The van der Waals surface area contributed by atoms with Gasteiger partial charge in [-0.05, 0) is 42.0 Å². The smallest absolute Gasteiger partial charge is 0.260 e. The van der Waals surface area contributed by atoms with Crippen LogP contribution < -0.4 is 5.56 Å². The number of aliphatic hydroxyl groups excluding tert-OH is 1. The fraction of sp³-hybridized carbons (Fsp3) is 0.333. The number of hydrogen-bond acceptors (Lipinski definition) is 3. The van der Waals surface area contributed by atoms with Crippen molar-refractivity contribution >= 4 is 5.91 Å². The maximum Gasteiger partial charge on any atom is 0.260 e. The number of likely N-dealkylation sites (tertiary alicyclic amines) is 1. The molecular formula is C18H20N2O3. The Morgan fingerprint density at radius 1 is 1.22 bits per heavy atom. The van der Waals surface area contributed by atoms with Crippen molar-refractivity contribution in [3.05, 3.63) is 69.6 Å². The topological polar surface area (TPSA) is 73.4 Å². The van der Waals surface area contributed by atoms with E-state index in [9.17, 15) is 9.59 Å². The van der Waals surface area contributed by atoms with Crippen molar-refractivity contribution in [1.82, 2.24) is 9.88 Å². The van der Waals surface area contributed by atoms with Crippen molar-refractivity contribution in [2.75, 3.05) is 13.1 Å². The van der Waals surface area contributed by atoms with E-state index in [1.807, 2.05) is 24.3 Å². The van der Waals surface area contributed by atoms with E-state index in [2.05, 4.69) is 4.98 Å². The predicted molar refractivity (Wildman–Crippen MR) is 87.1 cm³/mol. The van der Waals surface area contributed by atoms with Crippen LogP contribution in [0.25, 0.3) is 0 Å². The van der Waals surface area contributed by atoms with Crippen LogP contribution in [0, 0.1) is 5.92 Å². The summed E-state index contributed by atoms with van der Waals surface area (Å²) in [6.45, 7) is 1.42. The predicted octanol–water partition coefficient (Wildman–Crippen LogP) is 1.57. The zero-order valence-corrected chi connectivity index (χ0v) is 12.9. The molecule has 1 aromatic carbocycles. The summed E-state index contributed by atoms with van der Waals surface area (Å²) in [6.07, 6.45) is 3.38. The Bertz CT molecular complexity index is 736. The van der Waals surface area contributed by atoms with Gasteiger partial charge in [-0.1, -0.05) is 24.3 Å². The standard InChI is InChI=1S/C18H20N2O3/c21-12-14-5-3-13(4-6-14)10-15-7-9-20(11-15)18(23)16-2-1-8-19-17(16)22/h1-6,8,15,21H,7,9-12H2,(H,19,22)/t15-/m0/s1. The average Bonchev–Trinajstić information content (AvgIpc) is 3.04. The quantitative estimate of drug-likeness (QED) is 0.900. The summed E-state index contributed by atoms with van der Waals surface area (Å²) in [6, 6.07) is 11.1. The summed E-state index contributed by atoms with van der Waals surface area (Å²) in [7, 11) is 0. The van der Waals surface area contributed by atoms with E-state index in [1.54, 1.807) is 17.0 Å². The zero-order valence-electron chi connectivity index (χ0n) is 12.9. The van der Waals surface area contributed by atoms with Gasteiger partial charge in [0.25, 0.3) is 11.5 Å². The largest absolute Gasteiger partial charge is 0.392 e. The molecule has 0 aliphatic carbocycles. The third-order valence-electron chi connectivity index (χ3n) is 4.35. The number of aromatic nitrogens is 1. The molecule has 0 radical (unpaired) electrons. The van der Waals surface area contributed by atoms with Gasteiger partial charge in [0.15, 0.2) is 0 Å². The summed E-state index contributed by atoms with van der Waals surface area (Å²) in [4.78, 5) is 28.5. The number of rotatable bonds is 4. The summed E-state index contributed by atoms with van der Waals surface area (Å²) in [5.74, 6) is 0.215. The fourth-order valence-electron chi connectivity index (χ4n) is 3.06. The molecule has 2 heterocycles. The molecule has 0 bridgehead atoms. The minimum atomic E-state index is -0.333. The number of nitrogens with zero attached hydrogens (tertiary/aromatic N) is 1. The number of hydrogen-bond donors (Lipinski definition) is 2. The zero-order chi connectivity index (χ0) is 16.2. The first kappa shape index (κ1) is 15.5. The Labute approximate surface area is 134 Å². The van der Waals surface area contributed by atoms with Crippen molar-refractivity contribution in [3.63, 3.8) is 0 Å². The molecule has 2 aromatic rings. The molecule has 1 aliphatic heterocycles. The molecule has 1 fully saturated rings. The van der Waals surface area contributed by atoms with Crippen LogP contribution in [0.3, 0.4) is 0 Å². The Hall–Kier alpha value is -2.40. The van der Waals surface area contributed by atoms with E-state index in [-0.39, 0.29) is 23.6 Å². The van der Waals surface area contributed by atoms with Crippen LogP contribution in [-0.4, -0.2) is 34.0 Å². The molecule has 1 saturated heterocycles. The minimum absolute atomic E-state index is 0.0532. The lowest BCUT2D eigenvalue weighted by atomic mass is 9.98. The number of carbonyl (C=O) groups is 1. The Morgan fingerprint density at radius 2 is 1.96 bits per heavy atom. The van der Waals surface area contributed by atoms with Gasteiger partial charge in [0.05, 0.1) is 6.61 Å². The SMILES string of the molecule is O=C(c1ccc[nH]c1=O)N1CC[C@@H](Cc2ccc(CO)cc2)C1. The highest BCUT2D eigenvalue weighted by molar-refractivity contribution is 5.93. The fourth-order valence-corrected chi connectivity index (χ4v) is 3.06. The van der Waals surface area contributed by atoms with Gasteiger partial charge in [-0.3, -0.25) is 9.59 Å². The molecule has 1 atom stereocenters. The van der Waals surface area contributed by atoms with Crippen LogP contribution in [-0.2, 0) is 13.0 Å². The highest BCUT2D eigenvalue weighted by Crippen LogP contribution is 2.22. The van der Waals surface area contributed by atoms with Crippen molar-refractivity contribution in [3.8, 4) is 0 Å². The van der Waals surface area contributed by atoms with E-state index >= 15 is 0 Å². The van der Waals surface area contributed by atoms with Gasteiger partial charge >= 0.3 is 0 Å². The Balaban J connectivity index is 1.63. The molecule has 2 N–H and O–H groups in total. The average molecular weight is 312 g/mol. The molecule has 0 unspecified atom stereocenters. The second-order valence-corrected chi connectivity index (χ2v) is 6.00. The number of benzene rings is 1. The molecule has 1 aliphatic rings. The monoisotopic (exact) mass is 312 g/mol. The lowest BCUT2D eigenvalue weighted by molar-refractivity contribution is 0.0785. The second kappa shape index (κ2) is 6.79. The summed E-state index contributed by atoms with van der Waals surface area (Å²) in [5.41, 5.74) is 1.99. The van der Waals surface area contributed by atoms with Crippen molar-refractivity contribution in [2.45, 2.75) is 19.4 Å². The molecular weight excluding hydrogens is 292 g/mol. The number of aliphatic hydroxyl groups is 1. The highest BCUT2D eigenvalue weighted by Gasteiger charge is 2.28. The van der Waals surface area contributed by atoms with Crippen molar-refractivity contribution in [1.29, 1.82) is 0 Å². The number of pyridine rings is 1. The van der Waals surface area contributed by atoms with Gasteiger partial charge in [0.1, 0.15) is 5.56 Å². The maximum atomic E-state index is 12.4. The molecule has 23 heavy (non-hydrogen) atoms. The molecule has 5 heteroatoms.